The number of hydrogen-bond donors (Lipinski definition) is 0. The zero-order chi connectivity index (χ0) is 21.2. The Morgan fingerprint density at radius 1 is 0.897 bits per heavy atom. The van der Waals surface area contributed by atoms with Gasteiger partial charge in [-0.05, 0) is 32.1 Å². The summed E-state index contributed by atoms with van der Waals surface area (Å²) < 4.78 is 27.4. The van der Waals surface area contributed by atoms with Crippen molar-refractivity contribution < 1.29 is 37.3 Å². The van der Waals surface area contributed by atoms with Gasteiger partial charge in [0.1, 0.15) is 12.4 Å². The van der Waals surface area contributed by atoms with Gasteiger partial charge in [-0.3, -0.25) is 37.6 Å². The molecule has 10 nitrogen and oxygen atoms in total. The lowest BCUT2D eigenvalue weighted by atomic mass is 10.1. The van der Waals surface area contributed by atoms with Crippen molar-refractivity contribution in [3.05, 3.63) is 47.2 Å². The molecule has 0 aliphatic carbocycles. The summed E-state index contributed by atoms with van der Waals surface area (Å²) in [5.74, 6) is -2.88. The van der Waals surface area contributed by atoms with E-state index in [2.05, 4.69) is 0 Å². The summed E-state index contributed by atoms with van der Waals surface area (Å²) in [5.41, 5.74) is 0.0771. The Balaban J connectivity index is 1.81. The minimum Gasteiger partial charge on any atom is -0.287 e. The molecule has 0 saturated heterocycles. The van der Waals surface area contributed by atoms with E-state index in [1.807, 2.05) is 0 Å². The molecule has 154 valence electrons. The normalized spacial score (nSPS) is 17.1. The molecule has 0 saturated carbocycles. The van der Waals surface area contributed by atoms with E-state index in [9.17, 15) is 23.7 Å². The van der Waals surface area contributed by atoms with E-state index in [0.29, 0.717) is 4.90 Å². The monoisotopic (exact) mass is 422 g/mol. The topological polar surface area (TPSA) is 120 Å². The van der Waals surface area contributed by atoms with E-state index < -0.39 is 38.2 Å². The van der Waals surface area contributed by atoms with Crippen LogP contribution in [0.25, 0.3) is 0 Å². The van der Waals surface area contributed by atoms with Crippen LogP contribution in [-0.2, 0) is 27.7 Å². The molecule has 0 radical (unpaired) electrons. The van der Waals surface area contributed by atoms with Crippen molar-refractivity contribution >= 4 is 31.5 Å². The number of fused-ring (bicyclic) bond motifs is 1. The van der Waals surface area contributed by atoms with E-state index in [1.54, 1.807) is 26.0 Å². The third-order valence-electron chi connectivity index (χ3n) is 4.19. The van der Waals surface area contributed by atoms with E-state index in [-0.39, 0.29) is 36.5 Å². The Kier molecular flexibility index (Phi) is 6.09. The van der Waals surface area contributed by atoms with Gasteiger partial charge in [0.2, 0.25) is 5.91 Å². The van der Waals surface area contributed by atoms with Gasteiger partial charge in [-0.1, -0.05) is 12.1 Å². The molecule has 0 fully saturated rings. The number of carbonyl (C=O) groups is 4. The van der Waals surface area contributed by atoms with Crippen molar-refractivity contribution in [1.29, 1.82) is 0 Å². The molecule has 0 aromatic heterocycles. The first kappa shape index (κ1) is 21.1. The first-order chi connectivity index (χ1) is 13.8. The molecule has 29 heavy (non-hydrogen) atoms. The maximum Gasteiger partial charge on any atom is 0.476 e. The average Bonchev–Trinajstić information content (AvgIpc) is 2.93. The molecule has 1 aromatic rings. The van der Waals surface area contributed by atoms with Gasteiger partial charge in [-0.2, -0.15) is 0 Å². The largest absolute Gasteiger partial charge is 0.476 e. The average molecular weight is 422 g/mol. The van der Waals surface area contributed by atoms with Crippen LogP contribution in [0, 0.1) is 0 Å². The lowest BCUT2D eigenvalue weighted by Crippen LogP contribution is -2.47. The van der Waals surface area contributed by atoms with Crippen LogP contribution in [0.15, 0.2) is 36.0 Å². The number of hydrogen-bond acceptors (Lipinski definition) is 8. The number of phosphoric ester groups is 1. The molecular weight excluding hydrogens is 403 g/mol. The van der Waals surface area contributed by atoms with Crippen LogP contribution in [0.2, 0.25) is 0 Å². The number of carbonyl (C=O) groups excluding carboxylic acids is 4. The summed E-state index contributed by atoms with van der Waals surface area (Å²) in [5, 5.41) is 0. The third-order valence-corrected chi connectivity index (χ3v) is 5.77. The molecule has 2 aliphatic heterocycles. The van der Waals surface area contributed by atoms with Crippen LogP contribution < -0.4 is 0 Å². The molecule has 11 heteroatoms. The van der Waals surface area contributed by atoms with Crippen LogP contribution in [0.5, 0.6) is 0 Å². The highest BCUT2D eigenvalue weighted by molar-refractivity contribution is 7.48. The second-order valence-corrected chi connectivity index (χ2v) is 7.62. The van der Waals surface area contributed by atoms with Crippen LogP contribution in [0.3, 0.4) is 0 Å². The molecule has 4 amide bonds. The summed E-state index contributed by atoms with van der Waals surface area (Å²) >= 11 is 0. The fourth-order valence-electron chi connectivity index (χ4n) is 2.92. The van der Waals surface area contributed by atoms with E-state index >= 15 is 0 Å². The Morgan fingerprint density at radius 3 is 1.97 bits per heavy atom. The second kappa shape index (κ2) is 8.38. The molecule has 0 atom stereocenters. The van der Waals surface area contributed by atoms with E-state index in [0.717, 1.165) is 4.90 Å². The van der Waals surface area contributed by atoms with E-state index in [1.165, 1.54) is 18.2 Å². The highest BCUT2D eigenvalue weighted by Gasteiger charge is 2.43. The van der Waals surface area contributed by atoms with Gasteiger partial charge in [0, 0.05) is 6.42 Å². The van der Waals surface area contributed by atoms with Crippen molar-refractivity contribution in [3.8, 4) is 0 Å². The summed E-state index contributed by atoms with van der Waals surface area (Å²) in [6, 6.07) is 6.17. The minimum absolute atomic E-state index is 0.0271. The molecule has 1 aromatic carbocycles. The van der Waals surface area contributed by atoms with Gasteiger partial charge in [0.05, 0.1) is 24.3 Å². The summed E-state index contributed by atoms with van der Waals surface area (Å²) in [7, 11) is -3.97. The number of rotatable bonds is 8. The number of phosphoric acid groups is 1. The SMILES string of the molecule is CCOP(=O)(OCC)OCN1C(=O)CC=C(N2C(=O)c3ccccc3C2=O)C1=O. The maximum atomic E-state index is 12.8. The van der Waals surface area contributed by atoms with Crippen molar-refractivity contribution in [2.45, 2.75) is 20.3 Å². The van der Waals surface area contributed by atoms with Crippen molar-refractivity contribution in [2.24, 2.45) is 0 Å². The molecule has 2 heterocycles. The van der Waals surface area contributed by atoms with Crippen molar-refractivity contribution in [3.63, 3.8) is 0 Å². The van der Waals surface area contributed by atoms with Crippen LogP contribution in [0.4, 0.5) is 0 Å². The lowest BCUT2D eigenvalue weighted by Gasteiger charge is -2.29. The summed E-state index contributed by atoms with van der Waals surface area (Å²) in [6.45, 7) is 2.50. The highest BCUT2D eigenvalue weighted by Crippen LogP contribution is 2.49. The lowest BCUT2D eigenvalue weighted by molar-refractivity contribution is -0.147. The Bertz CT molecular complexity index is 912. The third kappa shape index (κ3) is 3.92. The highest BCUT2D eigenvalue weighted by atomic mass is 31.2. The van der Waals surface area contributed by atoms with E-state index in [4.69, 9.17) is 13.6 Å². The van der Waals surface area contributed by atoms with Gasteiger partial charge in [0.15, 0.2) is 0 Å². The minimum atomic E-state index is -3.97. The molecule has 0 bridgehead atoms. The Hall–Kier alpha value is -2.65. The van der Waals surface area contributed by atoms with Crippen molar-refractivity contribution in [2.75, 3.05) is 19.9 Å². The summed E-state index contributed by atoms with van der Waals surface area (Å²) in [6.07, 6.45) is 0.971. The van der Waals surface area contributed by atoms with Gasteiger partial charge in [-0.25, -0.2) is 9.46 Å². The zero-order valence-corrected chi connectivity index (χ0v) is 16.7. The fourth-order valence-corrected chi connectivity index (χ4v) is 4.03. The number of amides is 4. The van der Waals surface area contributed by atoms with Gasteiger partial charge >= 0.3 is 7.82 Å². The fraction of sp³-hybridized carbons (Fsp3) is 0.333. The predicted molar refractivity (Wildman–Crippen MR) is 98.3 cm³/mol. The molecule has 0 spiro atoms. The molecule has 2 aliphatic rings. The second-order valence-electron chi connectivity index (χ2n) is 5.95. The predicted octanol–water partition coefficient (Wildman–Crippen LogP) is 2.08. The van der Waals surface area contributed by atoms with Gasteiger partial charge in [0.25, 0.3) is 17.7 Å². The van der Waals surface area contributed by atoms with Crippen molar-refractivity contribution in [1.82, 2.24) is 9.80 Å². The van der Waals surface area contributed by atoms with Crippen LogP contribution in [0.1, 0.15) is 41.0 Å². The van der Waals surface area contributed by atoms with Gasteiger partial charge < -0.3 is 0 Å². The molecular formula is C18H19N2O8P. The first-order valence-corrected chi connectivity index (χ1v) is 10.3. The van der Waals surface area contributed by atoms with Crippen LogP contribution >= 0.6 is 7.82 Å². The maximum absolute atomic E-state index is 12.8. The number of imide groups is 2. The van der Waals surface area contributed by atoms with Gasteiger partial charge in [-0.15, -0.1) is 0 Å². The first-order valence-electron chi connectivity index (χ1n) is 8.89. The Labute approximate surface area is 166 Å². The van der Waals surface area contributed by atoms with Crippen LogP contribution in [-0.4, -0.2) is 53.4 Å². The quantitative estimate of drug-likeness (QED) is 0.461. The molecule has 0 N–H and O–H groups in total. The Morgan fingerprint density at radius 2 is 1.45 bits per heavy atom. The standard InChI is InChI=1S/C18H19N2O8P/c1-3-26-29(25,27-4-2)28-11-19-15(21)10-9-14(18(19)24)20-16(22)12-7-5-6-8-13(12)17(20)23/h5-9H,3-4,10-11H2,1-2H3. The number of nitrogens with zero attached hydrogens (tertiary/aromatic N) is 2. The zero-order valence-electron chi connectivity index (χ0n) is 15.8. The smallest absolute Gasteiger partial charge is 0.287 e. The molecule has 3 rings (SSSR count). The summed E-state index contributed by atoms with van der Waals surface area (Å²) in [4.78, 5) is 51.7. The molecule has 0 unspecified atom stereocenters. The number of benzene rings is 1.